The number of carbonyl (C=O) groups is 1. The number of amides is 1. The molecule has 0 aliphatic carbocycles. The second kappa shape index (κ2) is 7.27. The van der Waals surface area contributed by atoms with Crippen molar-refractivity contribution in [2.75, 3.05) is 18.0 Å². The fraction of sp³-hybridized carbons (Fsp3) is 0.500. The third-order valence-electron chi connectivity index (χ3n) is 4.21. The summed E-state index contributed by atoms with van der Waals surface area (Å²) in [6, 6.07) is 5.65. The maximum atomic E-state index is 12.0. The summed E-state index contributed by atoms with van der Waals surface area (Å²) >= 11 is 0. The van der Waals surface area contributed by atoms with Gasteiger partial charge in [0.25, 0.3) is 5.69 Å². The number of hydrogen-bond donors (Lipinski definition) is 2. The summed E-state index contributed by atoms with van der Waals surface area (Å²) in [5.41, 5.74) is 6.64. The summed E-state index contributed by atoms with van der Waals surface area (Å²) < 4.78 is 0. The van der Waals surface area contributed by atoms with E-state index >= 15 is 0 Å². The fourth-order valence-corrected chi connectivity index (χ4v) is 2.70. The van der Waals surface area contributed by atoms with E-state index < -0.39 is 11.0 Å². The molecule has 1 aliphatic heterocycles. The zero-order valence-corrected chi connectivity index (χ0v) is 13.7. The maximum Gasteiger partial charge on any atom is 0.270 e. The van der Waals surface area contributed by atoms with Crippen molar-refractivity contribution in [3.8, 4) is 6.07 Å². The molecule has 2 atom stereocenters. The Morgan fingerprint density at radius 1 is 1.54 bits per heavy atom. The van der Waals surface area contributed by atoms with Gasteiger partial charge in [0.05, 0.1) is 22.2 Å². The minimum absolute atomic E-state index is 0.0518. The third kappa shape index (κ3) is 3.81. The molecule has 0 saturated carbocycles. The molecule has 8 nitrogen and oxygen atoms in total. The van der Waals surface area contributed by atoms with Crippen LogP contribution in [-0.4, -0.2) is 36.0 Å². The molecular weight excluding hydrogens is 310 g/mol. The fourth-order valence-electron chi connectivity index (χ4n) is 2.70. The number of nitriles is 1. The van der Waals surface area contributed by atoms with Gasteiger partial charge in [0.1, 0.15) is 6.07 Å². The van der Waals surface area contributed by atoms with Crippen LogP contribution in [0.15, 0.2) is 18.2 Å². The molecular formula is C16H21N5O3. The lowest BCUT2D eigenvalue weighted by atomic mass is 10.0. The second-order valence-electron chi connectivity index (χ2n) is 6.28. The highest BCUT2D eigenvalue weighted by Gasteiger charge is 2.28. The molecule has 0 bridgehead atoms. The van der Waals surface area contributed by atoms with Crippen molar-refractivity contribution >= 4 is 17.3 Å². The molecule has 0 spiro atoms. The molecule has 0 unspecified atom stereocenters. The third-order valence-corrected chi connectivity index (χ3v) is 4.21. The molecule has 1 heterocycles. The summed E-state index contributed by atoms with van der Waals surface area (Å²) in [6.45, 7) is 4.99. The van der Waals surface area contributed by atoms with Crippen LogP contribution in [0.2, 0.25) is 0 Å². The number of carbonyl (C=O) groups excluding carboxylic acids is 1. The van der Waals surface area contributed by atoms with E-state index in [4.69, 9.17) is 5.73 Å². The molecule has 0 aromatic heterocycles. The first-order valence-electron chi connectivity index (χ1n) is 7.83. The number of non-ortho nitro benzene ring substituents is 1. The van der Waals surface area contributed by atoms with Gasteiger partial charge >= 0.3 is 0 Å². The van der Waals surface area contributed by atoms with E-state index in [2.05, 4.69) is 5.32 Å². The first kappa shape index (κ1) is 17.7. The van der Waals surface area contributed by atoms with Crippen molar-refractivity contribution in [1.82, 2.24) is 5.32 Å². The minimum Gasteiger partial charge on any atom is -0.368 e. The zero-order chi connectivity index (χ0) is 17.9. The van der Waals surface area contributed by atoms with Crippen LogP contribution >= 0.6 is 0 Å². The lowest BCUT2D eigenvalue weighted by Crippen LogP contribution is -2.48. The standard InChI is InChI=1S/C16H21N5O3/c1-10(2)15(18)16(22)19-12-5-6-20(9-12)14-4-3-13(21(23)24)7-11(14)8-17/h3-4,7,10,12,15H,5-6,9,18H2,1-2H3,(H,19,22)/t12-,15-/m0/s1. The highest BCUT2D eigenvalue weighted by Crippen LogP contribution is 2.27. The number of nitrogens with zero attached hydrogens (tertiary/aromatic N) is 3. The molecule has 2 rings (SSSR count). The first-order chi connectivity index (χ1) is 11.3. The average molecular weight is 331 g/mol. The molecule has 24 heavy (non-hydrogen) atoms. The summed E-state index contributed by atoms with van der Waals surface area (Å²) in [7, 11) is 0. The number of benzene rings is 1. The molecule has 1 aromatic carbocycles. The monoisotopic (exact) mass is 331 g/mol. The minimum atomic E-state index is -0.548. The Morgan fingerprint density at radius 3 is 2.83 bits per heavy atom. The molecule has 1 saturated heterocycles. The van der Waals surface area contributed by atoms with Crippen LogP contribution in [0.4, 0.5) is 11.4 Å². The van der Waals surface area contributed by atoms with Gasteiger partial charge in [-0.05, 0) is 18.4 Å². The largest absolute Gasteiger partial charge is 0.368 e. The van der Waals surface area contributed by atoms with Crippen molar-refractivity contribution in [2.45, 2.75) is 32.4 Å². The van der Waals surface area contributed by atoms with Crippen molar-refractivity contribution in [3.63, 3.8) is 0 Å². The summed E-state index contributed by atoms with van der Waals surface area (Å²) in [5.74, 6) is -0.122. The lowest BCUT2D eigenvalue weighted by molar-refractivity contribution is -0.384. The van der Waals surface area contributed by atoms with Crippen LogP contribution in [0.3, 0.4) is 0 Å². The predicted molar refractivity (Wildman–Crippen MR) is 89.4 cm³/mol. The predicted octanol–water partition coefficient (Wildman–Crippen LogP) is 1.14. The van der Waals surface area contributed by atoms with Gasteiger partial charge in [-0.3, -0.25) is 14.9 Å². The molecule has 1 amide bonds. The van der Waals surface area contributed by atoms with Gasteiger partial charge in [-0.15, -0.1) is 0 Å². The Balaban J connectivity index is 2.07. The van der Waals surface area contributed by atoms with Crippen molar-refractivity contribution < 1.29 is 9.72 Å². The summed E-state index contributed by atoms with van der Waals surface area (Å²) in [6.07, 6.45) is 0.735. The van der Waals surface area contributed by atoms with Gasteiger partial charge in [0.2, 0.25) is 5.91 Å². The van der Waals surface area contributed by atoms with E-state index in [1.165, 1.54) is 12.1 Å². The van der Waals surface area contributed by atoms with Crippen LogP contribution < -0.4 is 16.0 Å². The number of nitrogens with two attached hydrogens (primary N) is 1. The summed E-state index contributed by atoms with van der Waals surface area (Å²) in [4.78, 5) is 24.3. The number of nitro groups is 1. The van der Waals surface area contributed by atoms with Crippen molar-refractivity contribution in [1.29, 1.82) is 5.26 Å². The highest BCUT2D eigenvalue weighted by atomic mass is 16.6. The van der Waals surface area contributed by atoms with E-state index in [9.17, 15) is 20.2 Å². The van der Waals surface area contributed by atoms with Crippen LogP contribution in [-0.2, 0) is 4.79 Å². The number of hydrogen-bond acceptors (Lipinski definition) is 6. The number of nitrogens with one attached hydrogen (secondary N) is 1. The topological polar surface area (TPSA) is 125 Å². The van der Waals surface area contributed by atoms with Gasteiger partial charge in [-0.25, -0.2) is 0 Å². The number of anilines is 1. The van der Waals surface area contributed by atoms with Crippen molar-refractivity contribution in [2.24, 2.45) is 11.7 Å². The Morgan fingerprint density at radius 2 is 2.25 bits per heavy atom. The van der Waals surface area contributed by atoms with Gasteiger partial charge in [0, 0.05) is 31.3 Å². The van der Waals surface area contributed by atoms with Crippen LogP contribution in [0.1, 0.15) is 25.8 Å². The van der Waals surface area contributed by atoms with E-state index in [1.807, 2.05) is 24.8 Å². The van der Waals surface area contributed by atoms with Gasteiger partial charge < -0.3 is 16.0 Å². The smallest absolute Gasteiger partial charge is 0.270 e. The maximum absolute atomic E-state index is 12.0. The van der Waals surface area contributed by atoms with Crippen LogP contribution in [0.5, 0.6) is 0 Å². The molecule has 128 valence electrons. The highest BCUT2D eigenvalue weighted by molar-refractivity contribution is 5.82. The van der Waals surface area contributed by atoms with Gasteiger partial charge in [-0.2, -0.15) is 5.26 Å². The molecule has 1 fully saturated rings. The molecule has 8 heteroatoms. The Hall–Kier alpha value is -2.66. The number of rotatable bonds is 5. The Bertz CT molecular complexity index is 683. The molecule has 0 radical (unpaired) electrons. The average Bonchev–Trinajstić information content (AvgIpc) is 3.01. The van der Waals surface area contributed by atoms with E-state index in [-0.39, 0.29) is 29.1 Å². The second-order valence-corrected chi connectivity index (χ2v) is 6.28. The molecule has 3 N–H and O–H groups in total. The molecule has 1 aromatic rings. The Kier molecular flexibility index (Phi) is 5.36. The zero-order valence-electron chi connectivity index (χ0n) is 13.7. The normalized spacial score (nSPS) is 18.3. The SMILES string of the molecule is CC(C)[C@H](N)C(=O)N[C@H]1CCN(c2ccc([N+](=O)[O-])cc2C#N)C1. The van der Waals surface area contributed by atoms with Crippen molar-refractivity contribution in [3.05, 3.63) is 33.9 Å². The summed E-state index contributed by atoms with van der Waals surface area (Å²) in [5, 5.41) is 23.0. The van der Waals surface area contributed by atoms with E-state index in [0.29, 0.717) is 18.8 Å². The number of nitro benzene ring substituents is 1. The van der Waals surface area contributed by atoms with E-state index in [1.54, 1.807) is 6.07 Å². The first-order valence-corrected chi connectivity index (χ1v) is 7.83. The van der Waals surface area contributed by atoms with Gasteiger partial charge in [0.15, 0.2) is 0 Å². The van der Waals surface area contributed by atoms with Crippen LogP contribution in [0, 0.1) is 27.4 Å². The quantitative estimate of drug-likeness (QED) is 0.615. The Labute approximate surface area is 140 Å². The van der Waals surface area contributed by atoms with E-state index in [0.717, 1.165) is 6.42 Å². The lowest BCUT2D eigenvalue weighted by Gasteiger charge is -2.21. The molecule has 1 aliphatic rings. The van der Waals surface area contributed by atoms with Gasteiger partial charge in [-0.1, -0.05) is 13.8 Å². The van der Waals surface area contributed by atoms with Crippen LogP contribution in [0.25, 0.3) is 0 Å².